The van der Waals surface area contributed by atoms with Gasteiger partial charge in [0.25, 0.3) is 0 Å². The minimum atomic E-state index is -4.51. The molecule has 1 aromatic rings. The average Bonchev–Trinajstić information content (AvgIpc) is 2.36. The fourth-order valence-corrected chi connectivity index (χ4v) is 2.19. The van der Waals surface area contributed by atoms with Crippen molar-refractivity contribution >= 4 is 11.8 Å². The lowest BCUT2D eigenvalue weighted by molar-refractivity contribution is -0.159. The van der Waals surface area contributed by atoms with E-state index in [4.69, 9.17) is 0 Å². The number of carbonyl (C=O) groups is 1. The third-order valence-electron chi connectivity index (χ3n) is 3.00. The summed E-state index contributed by atoms with van der Waals surface area (Å²) in [5, 5.41) is 2.38. The van der Waals surface area contributed by atoms with Crippen molar-refractivity contribution in [2.45, 2.75) is 31.9 Å². The van der Waals surface area contributed by atoms with E-state index in [2.05, 4.69) is 10.1 Å². The van der Waals surface area contributed by atoms with Crippen LogP contribution in [0.3, 0.4) is 0 Å². The monoisotopic (exact) mass is 273 g/mol. The number of ether oxygens (including phenoxy) is 1. The predicted molar refractivity (Wildman–Crippen MR) is 64.1 cm³/mol. The van der Waals surface area contributed by atoms with Gasteiger partial charge in [-0.2, -0.15) is 13.2 Å². The fourth-order valence-electron chi connectivity index (χ4n) is 2.19. The highest BCUT2D eigenvalue weighted by atomic mass is 19.4. The number of hydrogen-bond donors (Lipinski definition) is 1. The maximum absolute atomic E-state index is 11.9. The molecule has 3 nitrogen and oxygen atoms in total. The molecule has 6 heteroatoms. The van der Waals surface area contributed by atoms with Crippen molar-refractivity contribution in [2.24, 2.45) is 0 Å². The van der Waals surface area contributed by atoms with E-state index in [1.54, 1.807) is 12.1 Å². The van der Waals surface area contributed by atoms with Gasteiger partial charge < -0.3 is 4.74 Å². The molecular weight excluding hydrogens is 259 g/mol. The van der Waals surface area contributed by atoms with E-state index in [9.17, 15) is 18.0 Å². The molecule has 0 saturated heterocycles. The second-order valence-corrected chi connectivity index (χ2v) is 4.47. The lowest BCUT2D eigenvalue weighted by Crippen LogP contribution is -2.24. The number of amides is 1. The maximum Gasteiger partial charge on any atom is 0.422 e. The molecule has 0 radical (unpaired) electrons. The zero-order chi connectivity index (χ0) is 13.9. The van der Waals surface area contributed by atoms with Gasteiger partial charge in [0.15, 0.2) is 6.61 Å². The number of nitrogens with one attached hydrogen (secondary N) is 1. The first-order chi connectivity index (χ1) is 8.96. The summed E-state index contributed by atoms with van der Waals surface area (Å²) in [5.41, 5.74) is 2.68. The van der Waals surface area contributed by atoms with Gasteiger partial charge in [-0.25, -0.2) is 4.79 Å². The van der Waals surface area contributed by atoms with Crippen molar-refractivity contribution in [1.29, 1.82) is 0 Å². The van der Waals surface area contributed by atoms with E-state index in [0.29, 0.717) is 5.69 Å². The number of benzene rings is 1. The minimum Gasteiger partial charge on any atom is -0.440 e. The van der Waals surface area contributed by atoms with Gasteiger partial charge in [-0.05, 0) is 42.9 Å². The van der Waals surface area contributed by atoms with Crippen molar-refractivity contribution in [1.82, 2.24) is 0 Å². The molecule has 1 amide bonds. The maximum atomic E-state index is 11.9. The van der Waals surface area contributed by atoms with Crippen LogP contribution < -0.4 is 5.32 Å². The highest BCUT2D eigenvalue weighted by Gasteiger charge is 2.29. The third-order valence-corrected chi connectivity index (χ3v) is 3.00. The normalized spacial score (nSPS) is 14.7. The van der Waals surface area contributed by atoms with E-state index in [0.717, 1.165) is 36.8 Å². The van der Waals surface area contributed by atoms with Gasteiger partial charge in [0, 0.05) is 5.69 Å². The summed E-state index contributed by atoms with van der Waals surface area (Å²) in [6.45, 7) is -1.58. The topological polar surface area (TPSA) is 38.3 Å². The van der Waals surface area contributed by atoms with Crippen molar-refractivity contribution in [3.8, 4) is 0 Å². The Hall–Kier alpha value is -1.72. The number of fused-ring (bicyclic) bond motifs is 1. The molecule has 0 spiro atoms. The average molecular weight is 273 g/mol. The molecule has 2 rings (SSSR count). The fraction of sp³-hybridized carbons (Fsp3) is 0.462. The van der Waals surface area contributed by atoms with Crippen LogP contribution in [0.2, 0.25) is 0 Å². The predicted octanol–water partition coefficient (Wildman–Crippen LogP) is 3.68. The van der Waals surface area contributed by atoms with Gasteiger partial charge in [-0.3, -0.25) is 5.32 Å². The summed E-state index contributed by atoms with van der Waals surface area (Å²) in [6, 6.07) is 5.43. The van der Waals surface area contributed by atoms with E-state index in [-0.39, 0.29) is 0 Å². The Morgan fingerprint density at radius 2 is 2.00 bits per heavy atom. The van der Waals surface area contributed by atoms with E-state index >= 15 is 0 Å². The van der Waals surface area contributed by atoms with Gasteiger partial charge in [0.1, 0.15) is 0 Å². The summed E-state index contributed by atoms with van der Waals surface area (Å²) in [4.78, 5) is 11.3. The Morgan fingerprint density at radius 3 is 2.74 bits per heavy atom. The number of anilines is 1. The summed E-state index contributed by atoms with van der Waals surface area (Å²) in [7, 11) is 0. The van der Waals surface area contributed by atoms with Gasteiger partial charge in [-0.1, -0.05) is 12.1 Å². The quantitative estimate of drug-likeness (QED) is 0.892. The second kappa shape index (κ2) is 5.50. The molecule has 1 aliphatic carbocycles. The highest BCUT2D eigenvalue weighted by molar-refractivity contribution is 5.86. The SMILES string of the molecule is O=C(Nc1cccc2c1CCCC2)OCC(F)(F)F. The molecule has 0 aromatic heterocycles. The molecule has 1 aliphatic rings. The van der Waals surface area contributed by atoms with E-state index < -0.39 is 18.9 Å². The molecule has 0 fully saturated rings. The number of aryl methyl sites for hydroxylation is 1. The smallest absolute Gasteiger partial charge is 0.422 e. The van der Waals surface area contributed by atoms with Crippen LogP contribution in [0.4, 0.5) is 23.7 Å². The molecular formula is C13H14F3NO2. The Kier molecular flexibility index (Phi) is 3.97. The Labute approximate surface area is 108 Å². The Morgan fingerprint density at radius 1 is 1.26 bits per heavy atom. The van der Waals surface area contributed by atoms with E-state index in [1.165, 1.54) is 0 Å². The summed E-state index contributed by atoms with van der Waals surface area (Å²) in [6.07, 6.45) is -1.71. The Balaban J connectivity index is 2.01. The summed E-state index contributed by atoms with van der Waals surface area (Å²) >= 11 is 0. The molecule has 0 heterocycles. The van der Waals surface area contributed by atoms with Crippen molar-refractivity contribution in [3.63, 3.8) is 0 Å². The molecule has 0 bridgehead atoms. The molecule has 0 unspecified atom stereocenters. The lowest BCUT2D eigenvalue weighted by Gasteiger charge is -2.19. The standard InChI is InChI=1S/C13H14F3NO2/c14-13(15,16)8-19-12(18)17-11-7-3-5-9-4-1-2-6-10(9)11/h3,5,7H,1-2,4,6,8H2,(H,17,18). The minimum absolute atomic E-state index is 0.546. The van der Waals surface area contributed by atoms with Crippen LogP contribution in [0.1, 0.15) is 24.0 Å². The number of halogens is 3. The Bertz CT molecular complexity index is 471. The van der Waals surface area contributed by atoms with Gasteiger partial charge in [0.2, 0.25) is 0 Å². The van der Waals surface area contributed by atoms with Crippen molar-refractivity contribution in [2.75, 3.05) is 11.9 Å². The van der Waals surface area contributed by atoms with Crippen LogP contribution in [0.5, 0.6) is 0 Å². The zero-order valence-electron chi connectivity index (χ0n) is 10.2. The van der Waals surface area contributed by atoms with Crippen molar-refractivity contribution < 1.29 is 22.7 Å². The molecule has 1 N–H and O–H groups in total. The number of carbonyl (C=O) groups excluding carboxylic acids is 1. The second-order valence-electron chi connectivity index (χ2n) is 4.47. The van der Waals surface area contributed by atoms with Crippen LogP contribution >= 0.6 is 0 Å². The van der Waals surface area contributed by atoms with Crippen LogP contribution in [0.25, 0.3) is 0 Å². The van der Waals surface area contributed by atoms with Crippen LogP contribution in [-0.4, -0.2) is 18.9 Å². The van der Waals surface area contributed by atoms with Crippen LogP contribution in [0, 0.1) is 0 Å². The van der Waals surface area contributed by atoms with E-state index in [1.807, 2.05) is 6.07 Å². The number of rotatable bonds is 2. The van der Waals surface area contributed by atoms with Crippen LogP contribution in [0.15, 0.2) is 18.2 Å². The van der Waals surface area contributed by atoms with Gasteiger partial charge in [0.05, 0.1) is 0 Å². The largest absolute Gasteiger partial charge is 0.440 e. The molecule has 104 valence electrons. The lowest BCUT2D eigenvalue weighted by atomic mass is 9.90. The molecule has 0 saturated carbocycles. The van der Waals surface area contributed by atoms with Gasteiger partial charge in [-0.15, -0.1) is 0 Å². The zero-order valence-corrected chi connectivity index (χ0v) is 10.2. The van der Waals surface area contributed by atoms with Gasteiger partial charge >= 0.3 is 12.3 Å². The van der Waals surface area contributed by atoms with Crippen molar-refractivity contribution in [3.05, 3.63) is 29.3 Å². The highest BCUT2D eigenvalue weighted by Crippen LogP contribution is 2.28. The summed E-state index contributed by atoms with van der Waals surface area (Å²) in [5.74, 6) is 0. The van der Waals surface area contributed by atoms with Crippen LogP contribution in [-0.2, 0) is 17.6 Å². The molecule has 0 aliphatic heterocycles. The summed E-state index contributed by atoms with van der Waals surface area (Å²) < 4.78 is 39.9. The first-order valence-electron chi connectivity index (χ1n) is 6.07. The first kappa shape index (κ1) is 13.7. The molecule has 19 heavy (non-hydrogen) atoms. The molecule has 1 aromatic carbocycles. The third kappa shape index (κ3) is 3.87. The molecule has 0 atom stereocenters. The first-order valence-corrected chi connectivity index (χ1v) is 6.07. The number of alkyl halides is 3. The number of hydrogen-bond acceptors (Lipinski definition) is 2.